The van der Waals surface area contributed by atoms with Crippen LogP contribution in [0.3, 0.4) is 0 Å². The Morgan fingerprint density at radius 1 is 1.08 bits per heavy atom. The standard InChI is InChI=1S/C19H17FN2O3/c1-11-7-8-14-13(10-25-18(14)12(11)2)9-17(23)21-22-19(24)15-5-3-4-6-16(15)20/h3-8,10H,9H2,1-2H3,(H,21,23)(H,22,24). The Morgan fingerprint density at radius 3 is 2.60 bits per heavy atom. The molecule has 0 saturated heterocycles. The first-order valence-corrected chi connectivity index (χ1v) is 7.77. The van der Waals surface area contributed by atoms with Crippen molar-refractivity contribution in [3.05, 3.63) is 70.7 Å². The van der Waals surface area contributed by atoms with Crippen LogP contribution in [0.15, 0.2) is 47.1 Å². The molecule has 128 valence electrons. The fourth-order valence-corrected chi connectivity index (χ4v) is 2.58. The van der Waals surface area contributed by atoms with Gasteiger partial charge in [-0.1, -0.05) is 24.3 Å². The number of fused-ring (bicyclic) bond motifs is 1. The van der Waals surface area contributed by atoms with Gasteiger partial charge in [-0.15, -0.1) is 0 Å². The third-order valence-electron chi connectivity index (χ3n) is 4.13. The molecule has 6 heteroatoms. The molecule has 0 atom stereocenters. The molecular weight excluding hydrogens is 323 g/mol. The van der Waals surface area contributed by atoms with Gasteiger partial charge in [0.1, 0.15) is 11.4 Å². The monoisotopic (exact) mass is 340 g/mol. The predicted octanol–water partition coefficient (Wildman–Crippen LogP) is 3.19. The van der Waals surface area contributed by atoms with Crippen molar-refractivity contribution in [3.63, 3.8) is 0 Å². The average Bonchev–Trinajstić information content (AvgIpc) is 3.00. The van der Waals surface area contributed by atoms with Crippen LogP contribution in [0.25, 0.3) is 11.0 Å². The maximum Gasteiger partial charge on any atom is 0.272 e. The number of halogens is 1. The van der Waals surface area contributed by atoms with Gasteiger partial charge >= 0.3 is 0 Å². The van der Waals surface area contributed by atoms with Gasteiger partial charge in [-0.05, 0) is 37.1 Å². The van der Waals surface area contributed by atoms with Crippen molar-refractivity contribution >= 4 is 22.8 Å². The highest BCUT2D eigenvalue weighted by Crippen LogP contribution is 2.26. The number of hydrogen-bond acceptors (Lipinski definition) is 3. The Kier molecular flexibility index (Phi) is 4.52. The Morgan fingerprint density at radius 2 is 1.84 bits per heavy atom. The van der Waals surface area contributed by atoms with E-state index in [-0.39, 0.29) is 12.0 Å². The van der Waals surface area contributed by atoms with Gasteiger partial charge in [0.25, 0.3) is 5.91 Å². The SMILES string of the molecule is Cc1ccc2c(CC(=O)NNC(=O)c3ccccc3F)coc2c1C. The van der Waals surface area contributed by atoms with E-state index in [0.29, 0.717) is 0 Å². The lowest BCUT2D eigenvalue weighted by Gasteiger charge is -2.07. The number of benzene rings is 2. The second kappa shape index (κ2) is 6.76. The number of carbonyl (C=O) groups is 2. The summed E-state index contributed by atoms with van der Waals surface area (Å²) in [6.07, 6.45) is 1.57. The molecule has 2 N–H and O–H groups in total. The minimum atomic E-state index is -0.713. The molecule has 2 aromatic carbocycles. The molecule has 0 bridgehead atoms. The number of rotatable bonds is 3. The average molecular weight is 340 g/mol. The molecule has 0 aliphatic heterocycles. The summed E-state index contributed by atoms with van der Waals surface area (Å²) in [4.78, 5) is 23.9. The summed E-state index contributed by atoms with van der Waals surface area (Å²) in [5, 5.41) is 0.860. The molecule has 0 saturated carbocycles. The summed E-state index contributed by atoms with van der Waals surface area (Å²) < 4.78 is 19.1. The van der Waals surface area contributed by atoms with Crippen LogP contribution in [0.5, 0.6) is 0 Å². The lowest BCUT2D eigenvalue weighted by atomic mass is 10.0. The van der Waals surface area contributed by atoms with Gasteiger partial charge in [-0.25, -0.2) is 4.39 Å². The second-order valence-corrected chi connectivity index (χ2v) is 5.80. The van der Waals surface area contributed by atoms with Crippen LogP contribution >= 0.6 is 0 Å². The zero-order valence-electron chi connectivity index (χ0n) is 13.9. The maximum absolute atomic E-state index is 13.5. The molecule has 5 nitrogen and oxygen atoms in total. The summed E-state index contributed by atoms with van der Waals surface area (Å²) in [5.41, 5.74) is 7.96. The van der Waals surface area contributed by atoms with E-state index >= 15 is 0 Å². The van der Waals surface area contributed by atoms with Crippen molar-refractivity contribution in [2.75, 3.05) is 0 Å². The van der Waals surface area contributed by atoms with Crippen LogP contribution in [0.2, 0.25) is 0 Å². The molecule has 3 aromatic rings. The first-order chi connectivity index (χ1) is 12.0. The largest absolute Gasteiger partial charge is 0.464 e. The van der Waals surface area contributed by atoms with Gasteiger partial charge in [-0.2, -0.15) is 0 Å². The highest BCUT2D eigenvalue weighted by Gasteiger charge is 2.15. The summed E-state index contributed by atoms with van der Waals surface area (Å²) in [5.74, 6) is -1.79. The van der Waals surface area contributed by atoms with Crippen molar-refractivity contribution in [2.24, 2.45) is 0 Å². The minimum absolute atomic E-state index is 0.0348. The maximum atomic E-state index is 13.5. The van der Waals surface area contributed by atoms with Crippen LogP contribution in [0.1, 0.15) is 27.0 Å². The number of hydrazine groups is 1. The van der Waals surface area contributed by atoms with Crippen LogP contribution in [-0.2, 0) is 11.2 Å². The van der Waals surface area contributed by atoms with Crippen molar-refractivity contribution in [1.29, 1.82) is 0 Å². The van der Waals surface area contributed by atoms with Gasteiger partial charge in [0.2, 0.25) is 5.91 Å². The Hall–Kier alpha value is -3.15. The molecule has 1 heterocycles. The van der Waals surface area contributed by atoms with E-state index in [4.69, 9.17) is 4.42 Å². The predicted molar refractivity (Wildman–Crippen MR) is 91.4 cm³/mol. The second-order valence-electron chi connectivity index (χ2n) is 5.80. The van der Waals surface area contributed by atoms with E-state index in [1.807, 2.05) is 26.0 Å². The summed E-state index contributed by atoms with van der Waals surface area (Å²) in [6.45, 7) is 3.95. The highest BCUT2D eigenvalue weighted by molar-refractivity contribution is 5.96. The smallest absolute Gasteiger partial charge is 0.272 e. The zero-order chi connectivity index (χ0) is 18.0. The van der Waals surface area contributed by atoms with Gasteiger partial charge in [0.05, 0.1) is 18.2 Å². The van der Waals surface area contributed by atoms with E-state index in [1.54, 1.807) is 6.07 Å². The molecule has 3 rings (SSSR count). The molecular formula is C19H17FN2O3. The van der Waals surface area contributed by atoms with Crippen molar-refractivity contribution in [3.8, 4) is 0 Å². The zero-order valence-corrected chi connectivity index (χ0v) is 13.9. The van der Waals surface area contributed by atoms with Crippen LogP contribution in [0, 0.1) is 19.7 Å². The quantitative estimate of drug-likeness (QED) is 0.719. The Labute approximate surface area is 143 Å². The summed E-state index contributed by atoms with van der Waals surface area (Å²) >= 11 is 0. The fraction of sp³-hybridized carbons (Fsp3) is 0.158. The lowest BCUT2D eigenvalue weighted by molar-refractivity contribution is -0.121. The molecule has 0 aliphatic rings. The van der Waals surface area contributed by atoms with E-state index < -0.39 is 17.6 Å². The minimum Gasteiger partial charge on any atom is -0.464 e. The summed E-state index contributed by atoms with van der Waals surface area (Å²) in [6, 6.07) is 9.42. The van der Waals surface area contributed by atoms with Gasteiger partial charge in [-0.3, -0.25) is 20.4 Å². The topological polar surface area (TPSA) is 71.3 Å². The highest BCUT2D eigenvalue weighted by atomic mass is 19.1. The van der Waals surface area contributed by atoms with Crippen molar-refractivity contribution in [2.45, 2.75) is 20.3 Å². The molecule has 25 heavy (non-hydrogen) atoms. The normalized spacial score (nSPS) is 10.7. The molecule has 0 unspecified atom stereocenters. The fourth-order valence-electron chi connectivity index (χ4n) is 2.58. The van der Waals surface area contributed by atoms with Gasteiger partial charge in [0, 0.05) is 10.9 Å². The number of carbonyl (C=O) groups excluding carboxylic acids is 2. The molecule has 0 fully saturated rings. The Balaban J connectivity index is 1.66. The van der Waals surface area contributed by atoms with Gasteiger partial charge in [0.15, 0.2) is 0 Å². The third-order valence-corrected chi connectivity index (χ3v) is 4.13. The Bertz CT molecular complexity index is 962. The van der Waals surface area contributed by atoms with Crippen LogP contribution in [-0.4, -0.2) is 11.8 Å². The number of amides is 2. The van der Waals surface area contributed by atoms with Crippen LogP contribution < -0.4 is 10.9 Å². The molecule has 0 radical (unpaired) electrons. The first kappa shape index (κ1) is 16.7. The molecule has 2 amide bonds. The van der Waals surface area contributed by atoms with Crippen molar-refractivity contribution < 1.29 is 18.4 Å². The van der Waals surface area contributed by atoms with Crippen LogP contribution in [0.4, 0.5) is 4.39 Å². The number of furan rings is 1. The number of aryl methyl sites for hydroxylation is 2. The molecule has 1 aromatic heterocycles. The number of nitrogens with one attached hydrogen (secondary N) is 2. The lowest BCUT2D eigenvalue weighted by Crippen LogP contribution is -2.42. The third kappa shape index (κ3) is 3.38. The van der Waals surface area contributed by atoms with Gasteiger partial charge < -0.3 is 4.42 Å². The van der Waals surface area contributed by atoms with Crippen molar-refractivity contribution in [1.82, 2.24) is 10.9 Å². The van der Waals surface area contributed by atoms with E-state index in [9.17, 15) is 14.0 Å². The molecule has 0 spiro atoms. The van der Waals surface area contributed by atoms with E-state index in [1.165, 1.54) is 24.5 Å². The first-order valence-electron chi connectivity index (χ1n) is 7.77. The van der Waals surface area contributed by atoms with E-state index in [2.05, 4.69) is 10.9 Å². The molecule has 0 aliphatic carbocycles. The number of hydrogen-bond donors (Lipinski definition) is 2. The summed E-state index contributed by atoms with van der Waals surface area (Å²) in [7, 11) is 0. The van der Waals surface area contributed by atoms with E-state index in [0.717, 1.165) is 27.7 Å².